The lowest BCUT2D eigenvalue weighted by atomic mass is 10.1. The molecular weight excluding hydrogens is 691 g/mol. The smallest absolute Gasteiger partial charge is 0.310 e. The van der Waals surface area contributed by atoms with E-state index in [1.54, 1.807) is 53.3 Å². The van der Waals surface area contributed by atoms with Crippen LogP contribution in [0.25, 0.3) is 22.6 Å². The van der Waals surface area contributed by atoms with E-state index in [0.717, 1.165) is 22.4 Å². The molecule has 4 heterocycles. The van der Waals surface area contributed by atoms with Gasteiger partial charge in [-0.1, -0.05) is 37.6 Å². The van der Waals surface area contributed by atoms with Gasteiger partial charge in [-0.15, -0.1) is 0 Å². The monoisotopic (exact) mass is 726 g/mol. The molecule has 0 radical (unpaired) electrons. The Balaban J connectivity index is 1.15. The minimum absolute atomic E-state index is 0.0823. The summed E-state index contributed by atoms with van der Waals surface area (Å²) < 4.78 is 80.9. The Hall–Kier alpha value is -5.35. The van der Waals surface area contributed by atoms with Crippen LogP contribution in [-0.2, 0) is 6.54 Å². The molecule has 1 aliphatic heterocycles. The summed E-state index contributed by atoms with van der Waals surface area (Å²) in [5, 5.41) is 11.8. The molecule has 268 valence electrons. The number of aryl methyl sites for hydroxylation is 1. The third kappa shape index (κ3) is 7.28. The first-order valence-electron chi connectivity index (χ1n) is 16.0. The summed E-state index contributed by atoms with van der Waals surface area (Å²) in [4.78, 5) is 14.9. The highest BCUT2D eigenvalue weighted by molar-refractivity contribution is 8.45. The Kier molecular flexibility index (Phi) is 7.94. The Morgan fingerprint density at radius 2 is 1.67 bits per heavy atom. The van der Waals surface area contributed by atoms with Gasteiger partial charge in [-0.25, -0.2) is 4.52 Å². The maximum absolute atomic E-state index is 14.1. The molecule has 0 atom stereocenters. The number of nitrogens with one attached hydrogen (secondary N) is 1. The SMILES string of the molecule is COc1ccc(Cn2cc(-c3cc4n(-c5cc(NC(=O)c6cc(N7CCN(C)CC7)cc(S(F)(F)(F)(F)F)c6)ccc5C)ccn4n3)cn2)cc1. The first-order chi connectivity index (χ1) is 24.0. The molecule has 0 unspecified atom stereocenters. The van der Waals surface area contributed by atoms with Crippen LogP contribution in [-0.4, -0.2) is 75.1 Å². The van der Waals surface area contributed by atoms with E-state index >= 15 is 0 Å². The third-order valence-electron chi connectivity index (χ3n) is 8.95. The van der Waals surface area contributed by atoms with Gasteiger partial charge in [-0.05, 0) is 67.6 Å². The lowest BCUT2D eigenvalue weighted by molar-refractivity contribution is 0.102. The molecule has 3 aromatic carbocycles. The number of carbonyl (C=O) groups excluding carboxylic acids is 1. The van der Waals surface area contributed by atoms with Gasteiger partial charge in [0.1, 0.15) is 16.3 Å². The van der Waals surface area contributed by atoms with Crippen molar-refractivity contribution in [3.05, 3.63) is 108 Å². The van der Waals surface area contributed by atoms with Crippen molar-refractivity contribution >= 4 is 33.2 Å². The fourth-order valence-electron chi connectivity index (χ4n) is 6.06. The van der Waals surface area contributed by atoms with Crippen molar-refractivity contribution < 1.29 is 29.0 Å². The highest BCUT2D eigenvalue weighted by atomic mass is 32.5. The van der Waals surface area contributed by atoms with E-state index in [1.807, 2.05) is 64.6 Å². The topological polar surface area (TPSA) is 84.9 Å². The number of imidazole rings is 1. The fraction of sp³-hybridized carbons (Fsp3) is 0.229. The van der Waals surface area contributed by atoms with Gasteiger partial charge in [0.25, 0.3) is 5.91 Å². The second-order valence-electron chi connectivity index (χ2n) is 12.7. The Morgan fingerprint density at radius 3 is 2.37 bits per heavy atom. The minimum Gasteiger partial charge on any atom is -0.497 e. The van der Waals surface area contributed by atoms with Gasteiger partial charge >= 0.3 is 10.2 Å². The zero-order valence-corrected chi connectivity index (χ0v) is 28.8. The molecule has 0 saturated carbocycles. The standard InChI is InChI=1S/C35H35F5N8O2S/c1-24-4-7-28(42-35(49)26-16-29(45-12-10-44(2)11-13-45)19-31(17-26)51(36,37,38,39)40)18-33(24)47-14-15-48-34(47)20-32(43-48)27-21-41-46(23-27)22-25-5-8-30(50-3)9-6-25/h4-9,14-21,23H,10-13,22H2,1-3H3,(H,42,49). The van der Waals surface area contributed by atoms with E-state index in [1.165, 1.54) is 6.07 Å². The Bertz CT molecular complexity index is 2260. The van der Waals surface area contributed by atoms with E-state index in [4.69, 9.17) is 9.84 Å². The number of halogens is 5. The number of amides is 1. The zero-order chi connectivity index (χ0) is 36.2. The van der Waals surface area contributed by atoms with Crippen LogP contribution < -0.4 is 15.0 Å². The van der Waals surface area contributed by atoms with Crippen molar-refractivity contribution in [1.82, 2.24) is 28.9 Å². The molecule has 1 saturated heterocycles. The fourth-order valence-corrected chi connectivity index (χ4v) is 6.75. The second kappa shape index (κ2) is 11.9. The average Bonchev–Trinajstić information content (AvgIpc) is 3.82. The summed E-state index contributed by atoms with van der Waals surface area (Å²) >= 11 is 0. The molecule has 0 spiro atoms. The molecular formula is C35H35F5N8O2S. The molecule has 6 aromatic rings. The molecule has 1 N–H and O–H groups in total. The number of anilines is 2. The molecule has 0 aliphatic carbocycles. The van der Waals surface area contributed by atoms with Crippen LogP contribution >= 0.6 is 10.2 Å². The highest BCUT2D eigenvalue weighted by Crippen LogP contribution is 3.02. The average molecular weight is 727 g/mol. The summed E-state index contributed by atoms with van der Waals surface area (Å²) in [5.74, 6) is -0.174. The number of rotatable bonds is 9. The van der Waals surface area contributed by atoms with Crippen molar-refractivity contribution in [3.8, 4) is 22.7 Å². The normalized spacial score (nSPS) is 15.5. The number of benzene rings is 3. The van der Waals surface area contributed by atoms with E-state index in [0.29, 0.717) is 55.8 Å². The zero-order valence-electron chi connectivity index (χ0n) is 27.9. The van der Waals surface area contributed by atoms with Gasteiger partial charge in [0, 0.05) is 73.3 Å². The van der Waals surface area contributed by atoms with Crippen LogP contribution in [0.4, 0.5) is 30.8 Å². The Labute approximate surface area is 290 Å². The minimum atomic E-state index is -10.1. The molecule has 51 heavy (non-hydrogen) atoms. The summed E-state index contributed by atoms with van der Waals surface area (Å²) in [6.07, 6.45) is 7.21. The van der Waals surface area contributed by atoms with E-state index in [9.17, 15) is 24.2 Å². The molecule has 1 fully saturated rings. The van der Waals surface area contributed by atoms with Crippen molar-refractivity contribution in [1.29, 1.82) is 0 Å². The molecule has 10 nitrogen and oxygen atoms in total. The molecule has 7 rings (SSSR count). The maximum atomic E-state index is 14.1. The number of fused-ring (bicyclic) bond motifs is 1. The first kappa shape index (κ1) is 34.1. The van der Waals surface area contributed by atoms with Gasteiger partial charge in [0.05, 0.1) is 31.2 Å². The van der Waals surface area contributed by atoms with Gasteiger partial charge < -0.3 is 19.9 Å². The summed E-state index contributed by atoms with van der Waals surface area (Å²) in [6.45, 7) is 4.16. The van der Waals surface area contributed by atoms with Gasteiger partial charge in [-0.3, -0.25) is 14.0 Å². The van der Waals surface area contributed by atoms with Gasteiger partial charge in [0.2, 0.25) is 0 Å². The van der Waals surface area contributed by atoms with Crippen LogP contribution in [0.1, 0.15) is 21.5 Å². The second-order valence-corrected chi connectivity index (χ2v) is 15.1. The molecule has 3 aromatic heterocycles. The molecule has 1 aliphatic rings. The summed E-state index contributed by atoms with van der Waals surface area (Å²) in [7, 11) is -6.62. The van der Waals surface area contributed by atoms with Crippen molar-refractivity contribution in [2.45, 2.75) is 18.4 Å². The predicted octanol–water partition coefficient (Wildman–Crippen LogP) is 8.02. The largest absolute Gasteiger partial charge is 0.497 e. The summed E-state index contributed by atoms with van der Waals surface area (Å²) in [5.41, 5.74) is 4.42. The van der Waals surface area contributed by atoms with E-state index < -0.39 is 26.6 Å². The number of nitrogens with zero attached hydrogens (tertiary/aromatic N) is 7. The first-order valence-corrected chi connectivity index (χ1v) is 18.0. The van der Waals surface area contributed by atoms with E-state index in [2.05, 4.69) is 10.4 Å². The van der Waals surface area contributed by atoms with Gasteiger partial charge in [-0.2, -0.15) is 10.2 Å². The quantitative estimate of drug-likeness (QED) is 0.152. The number of aromatic nitrogens is 5. The van der Waals surface area contributed by atoms with Crippen molar-refractivity contribution in [2.24, 2.45) is 0 Å². The van der Waals surface area contributed by atoms with Crippen LogP contribution in [0, 0.1) is 6.92 Å². The number of hydrogen-bond acceptors (Lipinski definition) is 6. The van der Waals surface area contributed by atoms with Crippen LogP contribution in [0.3, 0.4) is 0 Å². The molecule has 16 heteroatoms. The van der Waals surface area contributed by atoms with Crippen molar-refractivity contribution in [3.63, 3.8) is 0 Å². The number of methoxy groups -OCH3 is 1. The number of piperazine rings is 1. The number of ether oxygens (including phenoxy) is 1. The lowest BCUT2D eigenvalue weighted by Gasteiger charge is -2.42. The van der Waals surface area contributed by atoms with Crippen LogP contribution in [0.5, 0.6) is 5.75 Å². The third-order valence-corrected chi connectivity index (χ3v) is 10.1. The van der Waals surface area contributed by atoms with E-state index in [-0.39, 0.29) is 17.4 Å². The van der Waals surface area contributed by atoms with Gasteiger partial charge in [0.15, 0.2) is 0 Å². The summed E-state index contributed by atoms with van der Waals surface area (Å²) in [6, 6.07) is 16.5. The van der Waals surface area contributed by atoms with Crippen LogP contribution in [0.2, 0.25) is 0 Å². The van der Waals surface area contributed by atoms with Crippen molar-refractivity contribution in [2.75, 3.05) is 50.6 Å². The highest BCUT2D eigenvalue weighted by Gasteiger charge is 2.65. The van der Waals surface area contributed by atoms with Crippen LogP contribution in [0.15, 0.2) is 96.4 Å². The maximum Gasteiger partial charge on any atom is 0.310 e. The molecule has 1 amide bonds. The number of hydrogen-bond donors (Lipinski definition) is 1. The number of carbonyl (C=O) groups is 1. The Morgan fingerprint density at radius 1 is 0.922 bits per heavy atom. The molecule has 0 bridgehead atoms. The predicted molar refractivity (Wildman–Crippen MR) is 188 cm³/mol. The number of likely N-dealkylation sites (N-methyl/N-ethyl adjacent to an activating group) is 1. The lowest BCUT2D eigenvalue weighted by Crippen LogP contribution is -2.44.